The van der Waals surface area contributed by atoms with Crippen LogP contribution in [0.4, 0.5) is 0 Å². The first kappa shape index (κ1) is 9.73. The molecule has 0 radical (unpaired) electrons. The van der Waals surface area contributed by atoms with Crippen molar-refractivity contribution < 1.29 is 4.79 Å². The van der Waals surface area contributed by atoms with Crippen LogP contribution >= 0.6 is 12.2 Å². The summed E-state index contributed by atoms with van der Waals surface area (Å²) in [7, 11) is 1.77. The van der Waals surface area contributed by atoms with Crippen LogP contribution in [0.2, 0.25) is 0 Å². The lowest BCUT2D eigenvalue weighted by Crippen LogP contribution is -2.37. The first-order chi connectivity index (χ1) is 6.09. The van der Waals surface area contributed by atoms with Gasteiger partial charge in [0.05, 0.1) is 0 Å². The molecule has 1 amide bonds. The van der Waals surface area contributed by atoms with E-state index >= 15 is 0 Å². The number of amides is 1. The molecule has 1 rings (SSSR count). The van der Waals surface area contributed by atoms with E-state index in [1.807, 2.05) is 0 Å². The van der Waals surface area contributed by atoms with Crippen LogP contribution in [0.5, 0.6) is 0 Å². The summed E-state index contributed by atoms with van der Waals surface area (Å²) < 4.78 is 2.52. The van der Waals surface area contributed by atoms with Gasteiger partial charge in [0.25, 0.3) is 0 Å². The largest absolute Gasteiger partial charge is 0.368 e. The van der Waals surface area contributed by atoms with E-state index in [0.29, 0.717) is 0 Å². The molecule has 13 heavy (non-hydrogen) atoms. The van der Waals surface area contributed by atoms with Crippen LogP contribution in [0.3, 0.4) is 0 Å². The molecule has 0 atom stereocenters. The van der Waals surface area contributed by atoms with Crippen LogP contribution in [0.25, 0.3) is 0 Å². The van der Waals surface area contributed by atoms with Gasteiger partial charge in [0.2, 0.25) is 5.91 Å². The zero-order valence-corrected chi connectivity index (χ0v) is 8.12. The lowest BCUT2D eigenvalue weighted by Gasteiger charge is -2.20. The molecule has 0 saturated heterocycles. The van der Waals surface area contributed by atoms with Crippen molar-refractivity contribution in [2.45, 2.75) is 0 Å². The summed E-state index contributed by atoms with van der Waals surface area (Å²) in [6, 6.07) is 3.57. The Morgan fingerprint density at radius 1 is 1.62 bits per heavy atom. The van der Waals surface area contributed by atoms with Gasteiger partial charge in [-0.2, -0.15) is 0 Å². The molecule has 4 nitrogen and oxygen atoms in total. The van der Waals surface area contributed by atoms with E-state index < -0.39 is 0 Å². The third-order valence-corrected chi connectivity index (χ3v) is 1.83. The van der Waals surface area contributed by atoms with Crippen LogP contribution in [-0.4, -0.2) is 24.2 Å². The Hall–Kier alpha value is -1.36. The van der Waals surface area contributed by atoms with Gasteiger partial charge >= 0.3 is 0 Å². The number of rotatable bonds is 3. The Bertz CT molecular complexity index is 340. The van der Waals surface area contributed by atoms with Gasteiger partial charge in [0.15, 0.2) is 0 Å². The van der Waals surface area contributed by atoms with Crippen LogP contribution in [-0.2, 0) is 4.79 Å². The second-order valence-corrected chi connectivity index (χ2v) is 3.17. The number of hydrogen-bond donors (Lipinski definition) is 1. The van der Waals surface area contributed by atoms with Crippen molar-refractivity contribution in [1.82, 2.24) is 4.68 Å². The Morgan fingerprint density at radius 3 is 2.62 bits per heavy atom. The number of hydrogen-bond acceptors (Lipinski definition) is 3. The van der Waals surface area contributed by atoms with Crippen molar-refractivity contribution in [2.75, 3.05) is 18.6 Å². The summed E-state index contributed by atoms with van der Waals surface area (Å²) >= 11 is 4.92. The summed E-state index contributed by atoms with van der Waals surface area (Å²) in [6.45, 7) is 0.182. The van der Waals surface area contributed by atoms with E-state index in [9.17, 15) is 4.79 Å². The molecular weight excluding hydrogens is 186 g/mol. The molecule has 0 aromatic carbocycles. The van der Waals surface area contributed by atoms with Gasteiger partial charge in [0, 0.05) is 24.0 Å². The van der Waals surface area contributed by atoms with E-state index in [1.54, 1.807) is 41.3 Å². The molecular formula is C8H11N3OS. The predicted octanol–water partition coefficient (Wildman–Crippen LogP) is 0.271. The molecule has 0 unspecified atom stereocenters. The molecule has 0 aliphatic rings. The minimum absolute atomic E-state index is 0.182. The van der Waals surface area contributed by atoms with Crippen LogP contribution < -0.4 is 10.7 Å². The Balaban J connectivity index is 2.77. The van der Waals surface area contributed by atoms with E-state index in [2.05, 4.69) is 0 Å². The number of carbonyl (C=O) groups is 1. The lowest BCUT2D eigenvalue weighted by atomic mass is 10.5. The molecule has 0 saturated carbocycles. The van der Waals surface area contributed by atoms with Crippen LogP contribution in [0.1, 0.15) is 0 Å². The van der Waals surface area contributed by atoms with Gasteiger partial charge in [-0.3, -0.25) is 9.47 Å². The number of aromatic nitrogens is 1. The van der Waals surface area contributed by atoms with Gasteiger partial charge in [-0.25, -0.2) is 0 Å². The third-order valence-electron chi connectivity index (χ3n) is 1.56. The van der Waals surface area contributed by atoms with Crippen molar-refractivity contribution >= 4 is 18.1 Å². The summed E-state index contributed by atoms with van der Waals surface area (Å²) in [5, 5.41) is 1.69. The van der Waals surface area contributed by atoms with Crippen molar-refractivity contribution in [2.24, 2.45) is 5.73 Å². The maximum absolute atomic E-state index is 10.6. The fourth-order valence-corrected chi connectivity index (χ4v) is 1.06. The molecule has 0 fully saturated rings. The number of pyridine rings is 1. The predicted molar refractivity (Wildman–Crippen MR) is 53.5 cm³/mol. The molecule has 0 aliphatic heterocycles. The normalized spacial score (nSPS) is 9.62. The average Bonchev–Trinajstić information content (AvgIpc) is 2.04. The highest BCUT2D eigenvalue weighted by atomic mass is 32.1. The number of carbonyl (C=O) groups excluding carboxylic acids is 1. The summed E-state index contributed by atoms with van der Waals surface area (Å²) in [5.41, 5.74) is 5.05. The highest BCUT2D eigenvalue weighted by Crippen LogP contribution is 1.92. The summed E-state index contributed by atoms with van der Waals surface area (Å²) in [5.74, 6) is -0.363. The molecule has 0 bridgehead atoms. The maximum Gasteiger partial charge on any atom is 0.238 e. The maximum atomic E-state index is 10.6. The molecule has 70 valence electrons. The summed E-state index contributed by atoms with van der Waals surface area (Å²) in [4.78, 5) is 10.6. The van der Waals surface area contributed by atoms with Crippen molar-refractivity contribution in [3.8, 4) is 0 Å². The third kappa shape index (κ3) is 2.87. The monoisotopic (exact) mass is 197 g/mol. The molecule has 0 spiro atoms. The molecule has 0 aliphatic carbocycles. The van der Waals surface area contributed by atoms with Gasteiger partial charge < -0.3 is 10.7 Å². The van der Waals surface area contributed by atoms with Crippen LogP contribution in [0.15, 0.2) is 24.5 Å². The van der Waals surface area contributed by atoms with E-state index in [1.165, 1.54) is 0 Å². The quantitative estimate of drug-likeness (QED) is 0.708. The smallest absolute Gasteiger partial charge is 0.238 e. The second kappa shape index (κ2) is 4.04. The molecule has 1 aromatic heterocycles. The highest BCUT2D eigenvalue weighted by molar-refractivity contribution is 7.71. The van der Waals surface area contributed by atoms with Crippen molar-refractivity contribution in [3.63, 3.8) is 0 Å². The second-order valence-electron chi connectivity index (χ2n) is 2.70. The first-order valence-electron chi connectivity index (χ1n) is 3.77. The zero-order chi connectivity index (χ0) is 9.84. The minimum Gasteiger partial charge on any atom is -0.368 e. The number of nitrogens with two attached hydrogens (primary N) is 1. The van der Waals surface area contributed by atoms with Gasteiger partial charge in [-0.05, 0) is 12.1 Å². The van der Waals surface area contributed by atoms with Gasteiger partial charge in [-0.15, -0.1) is 0 Å². The molecule has 1 heterocycles. The van der Waals surface area contributed by atoms with Crippen molar-refractivity contribution in [3.05, 3.63) is 29.0 Å². The standard InChI is InChI=1S/C8H11N3OS/c1-10(6-8(9)12)11-4-2-7(13)3-5-11/h2-5H,6H2,1H3,(H2,9,12). The first-order valence-corrected chi connectivity index (χ1v) is 4.18. The Labute approximate surface area is 81.5 Å². The summed E-state index contributed by atoms with van der Waals surface area (Å²) in [6.07, 6.45) is 3.57. The topological polar surface area (TPSA) is 51.3 Å². The number of primary amides is 1. The minimum atomic E-state index is -0.363. The Morgan fingerprint density at radius 2 is 2.15 bits per heavy atom. The SMILES string of the molecule is CN(CC(N)=O)n1ccc(=S)cc1. The highest BCUT2D eigenvalue weighted by Gasteiger charge is 2.00. The molecule has 5 heteroatoms. The van der Waals surface area contributed by atoms with Crippen molar-refractivity contribution in [1.29, 1.82) is 0 Å². The zero-order valence-electron chi connectivity index (χ0n) is 7.30. The fraction of sp³-hybridized carbons (Fsp3) is 0.250. The van der Waals surface area contributed by atoms with Gasteiger partial charge in [0.1, 0.15) is 6.54 Å². The van der Waals surface area contributed by atoms with Gasteiger partial charge in [-0.1, -0.05) is 12.2 Å². The van der Waals surface area contributed by atoms with E-state index in [-0.39, 0.29) is 12.5 Å². The van der Waals surface area contributed by atoms with E-state index in [0.717, 1.165) is 4.51 Å². The fourth-order valence-electron chi connectivity index (χ4n) is 0.940. The molecule has 2 N–H and O–H groups in total. The lowest BCUT2D eigenvalue weighted by molar-refractivity contribution is -0.116. The number of nitrogens with zero attached hydrogens (tertiary/aromatic N) is 2. The van der Waals surface area contributed by atoms with Crippen LogP contribution in [0, 0.1) is 4.51 Å². The number of likely N-dealkylation sites (N-methyl/N-ethyl adjacent to an activating group) is 1. The van der Waals surface area contributed by atoms with E-state index in [4.69, 9.17) is 18.0 Å². The average molecular weight is 197 g/mol. The Kier molecular flexibility index (Phi) is 3.02. The molecule has 1 aromatic rings.